The highest BCUT2D eigenvalue weighted by Gasteiger charge is 2.27. The molecule has 1 aliphatic rings. The molecule has 0 bridgehead atoms. The summed E-state index contributed by atoms with van der Waals surface area (Å²) in [5.74, 6) is 0.270. The van der Waals surface area contributed by atoms with Gasteiger partial charge in [0, 0.05) is 19.1 Å². The molecule has 1 heterocycles. The number of sulfonamides is 1. The lowest BCUT2D eigenvalue weighted by atomic mass is 10.3. The average molecular weight is 263 g/mol. The molecule has 1 fully saturated rings. The first kappa shape index (κ1) is 14.9. The molecule has 1 saturated heterocycles. The second-order valence-electron chi connectivity index (χ2n) is 4.99. The Kier molecular flexibility index (Phi) is 5.85. The monoisotopic (exact) mass is 263 g/mol. The van der Waals surface area contributed by atoms with Crippen molar-refractivity contribution < 1.29 is 8.42 Å². The molecule has 0 aromatic carbocycles. The fraction of sp³-hybridized carbons (Fsp3) is 1.00. The molecule has 5 nitrogen and oxygen atoms in total. The van der Waals surface area contributed by atoms with Crippen LogP contribution in [0.3, 0.4) is 0 Å². The van der Waals surface area contributed by atoms with E-state index >= 15 is 0 Å². The van der Waals surface area contributed by atoms with E-state index in [-0.39, 0.29) is 11.8 Å². The van der Waals surface area contributed by atoms with E-state index in [1.807, 2.05) is 21.0 Å². The van der Waals surface area contributed by atoms with Crippen molar-refractivity contribution in [2.45, 2.75) is 25.8 Å². The summed E-state index contributed by atoms with van der Waals surface area (Å²) in [6.07, 6.45) is 1.59. The summed E-state index contributed by atoms with van der Waals surface area (Å²) in [6.45, 7) is 5.08. The minimum absolute atomic E-state index is 0.0578. The molecule has 0 aliphatic carbocycles. The Labute approximate surface area is 105 Å². The van der Waals surface area contributed by atoms with Gasteiger partial charge >= 0.3 is 0 Å². The van der Waals surface area contributed by atoms with Crippen molar-refractivity contribution in [1.82, 2.24) is 14.5 Å². The molecule has 0 amide bonds. The Hall–Kier alpha value is -0.170. The van der Waals surface area contributed by atoms with Crippen LogP contribution in [0, 0.1) is 0 Å². The van der Waals surface area contributed by atoms with Crippen LogP contribution in [0.25, 0.3) is 0 Å². The van der Waals surface area contributed by atoms with Crippen LogP contribution in [0.4, 0.5) is 0 Å². The van der Waals surface area contributed by atoms with Crippen molar-refractivity contribution >= 4 is 10.0 Å². The standard InChI is InChI=1S/C11H25N3O2S/c1-11-10-12-6-4-9-17(15,16)14(11)8-5-7-13(2)3/h11-12H,4-10H2,1-3H3. The molecular formula is C11H25N3O2S. The Morgan fingerprint density at radius 1 is 1.41 bits per heavy atom. The van der Waals surface area contributed by atoms with Gasteiger partial charge in [-0.2, -0.15) is 4.31 Å². The molecule has 1 N–H and O–H groups in total. The molecule has 0 aromatic heterocycles. The van der Waals surface area contributed by atoms with Crippen LogP contribution in [0.15, 0.2) is 0 Å². The average Bonchev–Trinajstić information content (AvgIpc) is 2.21. The van der Waals surface area contributed by atoms with Crippen molar-refractivity contribution in [2.24, 2.45) is 0 Å². The van der Waals surface area contributed by atoms with Gasteiger partial charge < -0.3 is 10.2 Å². The molecule has 1 unspecified atom stereocenters. The van der Waals surface area contributed by atoms with Crippen LogP contribution in [0.2, 0.25) is 0 Å². The van der Waals surface area contributed by atoms with E-state index < -0.39 is 10.0 Å². The maximum atomic E-state index is 12.1. The van der Waals surface area contributed by atoms with Crippen LogP contribution in [0.5, 0.6) is 0 Å². The van der Waals surface area contributed by atoms with Gasteiger partial charge in [0.15, 0.2) is 0 Å². The van der Waals surface area contributed by atoms with E-state index in [1.54, 1.807) is 4.31 Å². The first-order valence-electron chi connectivity index (χ1n) is 6.28. The highest BCUT2D eigenvalue weighted by molar-refractivity contribution is 7.89. The fourth-order valence-corrected chi connectivity index (χ4v) is 3.86. The lowest BCUT2D eigenvalue weighted by Crippen LogP contribution is -2.48. The maximum Gasteiger partial charge on any atom is 0.214 e. The number of hydrogen-bond acceptors (Lipinski definition) is 4. The lowest BCUT2D eigenvalue weighted by Gasteiger charge is -2.31. The zero-order valence-electron chi connectivity index (χ0n) is 11.1. The van der Waals surface area contributed by atoms with E-state index in [0.717, 1.165) is 26.1 Å². The van der Waals surface area contributed by atoms with Crippen molar-refractivity contribution in [3.63, 3.8) is 0 Å². The second-order valence-corrected chi connectivity index (χ2v) is 7.03. The Morgan fingerprint density at radius 3 is 2.76 bits per heavy atom. The number of nitrogens with one attached hydrogen (secondary N) is 1. The normalized spacial score (nSPS) is 26.7. The number of rotatable bonds is 4. The van der Waals surface area contributed by atoms with Crippen molar-refractivity contribution in [1.29, 1.82) is 0 Å². The summed E-state index contributed by atoms with van der Waals surface area (Å²) in [6, 6.07) is 0.0578. The fourth-order valence-electron chi connectivity index (χ4n) is 2.09. The van der Waals surface area contributed by atoms with Crippen LogP contribution in [0.1, 0.15) is 19.8 Å². The highest BCUT2D eigenvalue weighted by Crippen LogP contribution is 2.11. The molecule has 1 rings (SSSR count). The van der Waals surface area contributed by atoms with Crippen LogP contribution in [-0.4, -0.2) is 69.7 Å². The predicted octanol–water partition coefficient (Wildman–Crippen LogP) is -0.0483. The summed E-state index contributed by atoms with van der Waals surface area (Å²) in [7, 11) is 0.958. The molecule has 0 radical (unpaired) electrons. The topological polar surface area (TPSA) is 52.7 Å². The van der Waals surface area contributed by atoms with Gasteiger partial charge in [-0.05, 0) is 47.0 Å². The molecule has 102 valence electrons. The summed E-state index contributed by atoms with van der Waals surface area (Å²) in [5, 5.41) is 3.29. The SMILES string of the molecule is CC1CNCCCS(=O)(=O)N1CCCN(C)C. The first-order valence-corrected chi connectivity index (χ1v) is 7.89. The van der Waals surface area contributed by atoms with E-state index in [0.29, 0.717) is 13.0 Å². The van der Waals surface area contributed by atoms with Crippen LogP contribution in [-0.2, 0) is 10.0 Å². The minimum Gasteiger partial charge on any atom is -0.315 e. The van der Waals surface area contributed by atoms with Gasteiger partial charge in [0.25, 0.3) is 0 Å². The first-order chi connectivity index (χ1) is 7.93. The zero-order valence-corrected chi connectivity index (χ0v) is 12.0. The molecule has 1 aliphatic heterocycles. The Balaban J connectivity index is 2.60. The smallest absolute Gasteiger partial charge is 0.214 e. The summed E-state index contributed by atoms with van der Waals surface area (Å²) in [4.78, 5) is 2.08. The van der Waals surface area contributed by atoms with Crippen molar-refractivity contribution in [3.05, 3.63) is 0 Å². The zero-order chi connectivity index (χ0) is 12.9. The largest absolute Gasteiger partial charge is 0.315 e. The number of nitrogens with zero attached hydrogens (tertiary/aromatic N) is 2. The highest BCUT2D eigenvalue weighted by atomic mass is 32.2. The second kappa shape index (κ2) is 6.68. The predicted molar refractivity (Wildman–Crippen MR) is 70.6 cm³/mol. The van der Waals surface area contributed by atoms with Gasteiger partial charge in [-0.25, -0.2) is 8.42 Å². The Morgan fingerprint density at radius 2 is 2.12 bits per heavy atom. The van der Waals surface area contributed by atoms with Crippen LogP contribution < -0.4 is 5.32 Å². The molecule has 1 atom stereocenters. The molecule has 0 saturated carbocycles. The van der Waals surface area contributed by atoms with Crippen molar-refractivity contribution in [2.75, 3.05) is 46.0 Å². The third-order valence-corrected chi connectivity index (χ3v) is 5.09. The van der Waals surface area contributed by atoms with Gasteiger partial charge in [0.1, 0.15) is 0 Å². The van der Waals surface area contributed by atoms with E-state index in [4.69, 9.17) is 0 Å². The molecule has 0 spiro atoms. The third-order valence-electron chi connectivity index (χ3n) is 3.03. The Bertz CT molecular complexity index is 317. The minimum atomic E-state index is -3.06. The molecule has 17 heavy (non-hydrogen) atoms. The third kappa shape index (κ3) is 4.91. The van der Waals surface area contributed by atoms with E-state index in [1.165, 1.54) is 0 Å². The molecule has 0 aromatic rings. The van der Waals surface area contributed by atoms with Gasteiger partial charge in [-0.15, -0.1) is 0 Å². The van der Waals surface area contributed by atoms with Gasteiger partial charge in [0.2, 0.25) is 10.0 Å². The van der Waals surface area contributed by atoms with E-state index in [2.05, 4.69) is 10.2 Å². The van der Waals surface area contributed by atoms with E-state index in [9.17, 15) is 8.42 Å². The van der Waals surface area contributed by atoms with Gasteiger partial charge in [-0.3, -0.25) is 0 Å². The summed E-state index contributed by atoms with van der Waals surface area (Å²) in [5.41, 5.74) is 0. The lowest BCUT2D eigenvalue weighted by molar-refractivity contribution is 0.295. The molecular weight excluding hydrogens is 238 g/mol. The van der Waals surface area contributed by atoms with Gasteiger partial charge in [-0.1, -0.05) is 0 Å². The summed E-state index contributed by atoms with van der Waals surface area (Å²) >= 11 is 0. The van der Waals surface area contributed by atoms with Crippen LogP contribution >= 0.6 is 0 Å². The summed E-state index contributed by atoms with van der Waals surface area (Å²) < 4.78 is 25.9. The molecule has 6 heteroatoms. The number of hydrogen-bond donors (Lipinski definition) is 1. The van der Waals surface area contributed by atoms with Gasteiger partial charge in [0.05, 0.1) is 5.75 Å². The van der Waals surface area contributed by atoms with Crippen molar-refractivity contribution in [3.8, 4) is 0 Å². The quantitative estimate of drug-likeness (QED) is 0.773. The maximum absolute atomic E-state index is 12.1.